The van der Waals surface area contributed by atoms with Crippen molar-refractivity contribution in [1.29, 1.82) is 0 Å². The third-order valence-corrected chi connectivity index (χ3v) is 6.82. The van der Waals surface area contributed by atoms with Crippen LogP contribution in [0.2, 0.25) is 0 Å². The molecule has 3 amide bonds. The predicted octanol–water partition coefficient (Wildman–Crippen LogP) is 2.05. The molecule has 1 aliphatic heterocycles. The van der Waals surface area contributed by atoms with Crippen molar-refractivity contribution >= 4 is 17.7 Å². The average molecular weight is 535 g/mol. The summed E-state index contributed by atoms with van der Waals surface area (Å²) in [6.45, 7) is 1.39. The van der Waals surface area contributed by atoms with Crippen molar-refractivity contribution in [2.45, 2.75) is 50.7 Å². The number of phenolic OH excluding ortho intramolecular Hbond substituents is 1. The summed E-state index contributed by atoms with van der Waals surface area (Å²) in [5.41, 5.74) is 2.02. The molecule has 0 radical (unpaired) electrons. The Labute approximate surface area is 225 Å². The highest BCUT2D eigenvalue weighted by atomic mass is 19.1. The molecule has 10 heteroatoms. The maximum atomic E-state index is 14.5. The Morgan fingerprint density at radius 3 is 2.54 bits per heavy atom. The van der Waals surface area contributed by atoms with Crippen LogP contribution in [0.5, 0.6) is 5.75 Å². The van der Waals surface area contributed by atoms with Gasteiger partial charge in [0.1, 0.15) is 18.0 Å². The normalized spacial score (nSPS) is 18.3. The number of aromatic nitrogens is 1. The molecule has 2 heterocycles. The molecule has 4 atom stereocenters. The third-order valence-electron chi connectivity index (χ3n) is 6.82. The topological polar surface area (TPSA) is 132 Å². The van der Waals surface area contributed by atoms with Gasteiger partial charge in [-0.05, 0) is 42.7 Å². The lowest BCUT2D eigenvalue weighted by Crippen LogP contribution is -2.55. The number of pyridine rings is 1. The van der Waals surface area contributed by atoms with E-state index in [4.69, 9.17) is 0 Å². The zero-order valence-corrected chi connectivity index (χ0v) is 21.5. The van der Waals surface area contributed by atoms with Crippen LogP contribution in [0.25, 0.3) is 0 Å². The van der Waals surface area contributed by atoms with E-state index in [2.05, 4.69) is 15.6 Å². The minimum absolute atomic E-state index is 0.0647. The quantitative estimate of drug-likeness (QED) is 0.332. The van der Waals surface area contributed by atoms with Crippen molar-refractivity contribution in [2.75, 3.05) is 6.54 Å². The van der Waals surface area contributed by atoms with Crippen LogP contribution in [0.15, 0.2) is 73.1 Å². The fourth-order valence-corrected chi connectivity index (χ4v) is 4.65. The van der Waals surface area contributed by atoms with Crippen LogP contribution in [-0.2, 0) is 22.6 Å². The minimum atomic E-state index is -1.76. The molecule has 0 bridgehead atoms. The second-order valence-electron chi connectivity index (χ2n) is 9.58. The van der Waals surface area contributed by atoms with Crippen molar-refractivity contribution in [2.24, 2.45) is 0 Å². The number of rotatable bonds is 9. The SMILES string of the molecule is Cc1c(O)cccc1C(=O)N[C@@H](Cc1ccccc1)[C@H](O)C(=O)N1C[C@H](F)C[C@H]1C(=O)NCc1cccnc1. The van der Waals surface area contributed by atoms with E-state index in [0.29, 0.717) is 5.56 Å². The summed E-state index contributed by atoms with van der Waals surface area (Å²) in [5.74, 6) is -2.05. The number of carbonyl (C=O) groups excluding carboxylic acids is 3. The number of hydrogen-bond donors (Lipinski definition) is 4. The van der Waals surface area contributed by atoms with Crippen molar-refractivity contribution < 1.29 is 29.0 Å². The van der Waals surface area contributed by atoms with E-state index in [1.807, 2.05) is 6.07 Å². The van der Waals surface area contributed by atoms with Crippen LogP contribution in [0.1, 0.15) is 33.5 Å². The van der Waals surface area contributed by atoms with Crippen LogP contribution < -0.4 is 10.6 Å². The fraction of sp³-hybridized carbons (Fsp3) is 0.310. The molecule has 1 saturated heterocycles. The van der Waals surface area contributed by atoms with Gasteiger partial charge in [0.25, 0.3) is 11.8 Å². The monoisotopic (exact) mass is 534 g/mol. The van der Waals surface area contributed by atoms with Gasteiger partial charge < -0.3 is 25.7 Å². The minimum Gasteiger partial charge on any atom is -0.508 e. The Hall–Kier alpha value is -4.31. The first-order chi connectivity index (χ1) is 18.7. The number of benzene rings is 2. The van der Waals surface area contributed by atoms with E-state index < -0.39 is 42.1 Å². The molecule has 1 fully saturated rings. The molecular formula is C29H31FN4O5. The van der Waals surface area contributed by atoms with Crippen LogP contribution in [0.3, 0.4) is 0 Å². The molecule has 39 heavy (non-hydrogen) atoms. The Morgan fingerprint density at radius 1 is 1.08 bits per heavy atom. The molecule has 0 spiro atoms. The molecule has 9 nitrogen and oxygen atoms in total. The standard InChI is InChI=1S/C29H31FN4O5/c1-18-22(10-5-11-25(18)35)27(37)33-23(13-19-7-3-2-4-8-19)26(36)29(39)34-17-21(30)14-24(34)28(38)32-16-20-9-6-12-31-15-20/h2-12,15,21,23-24,26,35-36H,13-14,16-17H2,1H3,(H,32,38)(H,33,37)/t21-,23+,24+,26+/m1/s1. The number of carbonyl (C=O) groups is 3. The summed E-state index contributed by atoms with van der Waals surface area (Å²) in [6.07, 6.45) is -0.106. The van der Waals surface area contributed by atoms with Gasteiger partial charge in [-0.25, -0.2) is 4.39 Å². The molecule has 1 aliphatic rings. The Kier molecular flexibility index (Phi) is 8.88. The van der Waals surface area contributed by atoms with Gasteiger partial charge in [0.2, 0.25) is 5.91 Å². The molecule has 204 valence electrons. The molecule has 0 aliphatic carbocycles. The molecule has 0 unspecified atom stereocenters. The van der Waals surface area contributed by atoms with Gasteiger partial charge in [-0.1, -0.05) is 42.5 Å². The second-order valence-corrected chi connectivity index (χ2v) is 9.58. The summed E-state index contributed by atoms with van der Waals surface area (Å²) in [7, 11) is 0. The van der Waals surface area contributed by atoms with Crippen LogP contribution in [0, 0.1) is 6.92 Å². The van der Waals surface area contributed by atoms with Crippen molar-refractivity contribution in [3.05, 3.63) is 95.3 Å². The number of halogens is 1. The van der Waals surface area contributed by atoms with E-state index in [9.17, 15) is 29.0 Å². The predicted molar refractivity (Wildman–Crippen MR) is 141 cm³/mol. The van der Waals surface area contributed by atoms with Crippen molar-refractivity contribution in [1.82, 2.24) is 20.5 Å². The number of aliphatic hydroxyl groups excluding tert-OH is 1. The number of aromatic hydroxyl groups is 1. The average Bonchev–Trinajstić information content (AvgIpc) is 3.34. The van der Waals surface area contributed by atoms with Crippen LogP contribution >= 0.6 is 0 Å². The van der Waals surface area contributed by atoms with E-state index in [-0.39, 0.29) is 37.2 Å². The van der Waals surface area contributed by atoms with Gasteiger partial charge in [-0.15, -0.1) is 0 Å². The summed E-state index contributed by atoms with van der Waals surface area (Å²) in [4.78, 5) is 44.6. The Balaban J connectivity index is 1.52. The summed E-state index contributed by atoms with van der Waals surface area (Å²) >= 11 is 0. The molecule has 4 N–H and O–H groups in total. The third kappa shape index (κ3) is 6.77. The second kappa shape index (κ2) is 12.5. The number of nitrogens with one attached hydrogen (secondary N) is 2. The number of nitrogens with zero attached hydrogens (tertiary/aromatic N) is 2. The Morgan fingerprint density at radius 2 is 1.82 bits per heavy atom. The highest BCUT2D eigenvalue weighted by Crippen LogP contribution is 2.24. The van der Waals surface area contributed by atoms with Crippen molar-refractivity contribution in [3.63, 3.8) is 0 Å². The fourth-order valence-electron chi connectivity index (χ4n) is 4.65. The first-order valence-corrected chi connectivity index (χ1v) is 12.7. The zero-order chi connectivity index (χ0) is 27.9. The lowest BCUT2D eigenvalue weighted by Gasteiger charge is -2.30. The maximum Gasteiger partial charge on any atom is 0.254 e. The molecule has 0 saturated carbocycles. The molecule has 2 aromatic carbocycles. The number of amides is 3. The number of likely N-dealkylation sites (tertiary alicyclic amines) is 1. The molecule has 3 aromatic rings. The van der Waals surface area contributed by atoms with Gasteiger partial charge in [-0.3, -0.25) is 19.4 Å². The smallest absolute Gasteiger partial charge is 0.254 e. The van der Waals surface area contributed by atoms with Gasteiger partial charge in [-0.2, -0.15) is 0 Å². The number of hydrogen-bond acceptors (Lipinski definition) is 6. The maximum absolute atomic E-state index is 14.5. The summed E-state index contributed by atoms with van der Waals surface area (Å²) in [5, 5.41) is 26.6. The first kappa shape index (κ1) is 27.7. The number of phenols is 1. The van der Waals surface area contributed by atoms with Crippen LogP contribution in [-0.4, -0.2) is 68.7 Å². The molecular weight excluding hydrogens is 503 g/mol. The lowest BCUT2D eigenvalue weighted by atomic mass is 9.98. The van der Waals surface area contributed by atoms with Crippen molar-refractivity contribution in [3.8, 4) is 5.75 Å². The number of alkyl halides is 1. The van der Waals surface area contributed by atoms with E-state index in [1.54, 1.807) is 55.7 Å². The lowest BCUT2D eigenvalue weighted by molar-refractivity contribution is -0.146. The first-order valence-electron chi connectivity index (χ1n) is 12.7. The zero-order valence-electron chi connectivity index (χ0n) is 21.5. The highest BCUT2D eigenvalue weighted by molar-refractivity contribution is 5.97. The molecule has 1 aromatic heterocycles. The van der Waals surface area contributed by atoms with Gasteiger partial charge in [0, 0.05) is 36.5 Å². The van der Waals surface area contributed by atoms with Gasteiger partial charge in [0.15, 0.2) is 6.10 Å². The van der Waals surface area contributed by atoms with Crippen LogP contribution in [0.4, 0.5) is 4.39 Å². The molecule has 4 rings (SSSR count). The van der Waals surface area contributed by atoms with Gasteiger partial charge >= 0.3 is 0 Å². The van der Waals surface area contributed by atoms with E-state index in [0.717, 1.165) is 16.0 Å². The Bertz CT molecular complexity index is 1310. The van der Waals surface area contributed by atoms with Gasteiger partial charge in [0.05, 0.1) is 12.6 Å². The summed E-state index contributed by atoms with van der Waals surface area (Å²) in [6, 6.07) is 14.8. The van der Waals surface area contributed by atoms with E-state index in [1.165, 1.54) is 18.2 Å². The largest absolute Gasteiger partial charge is 0.508 e. The summed E-state index contributed by atoms with van der Waals surface area (Å²) < 4.78 is 14.5. The van der Waals surface area contributed by atoms with E-state index >= 15 is 0 Å². The highest BCUT2D eigenvalue weighted by Gasteiger charge is 2.43. The number of aliphatic hydroxyl groups is 1.